The van der Waals surface area contributed by atoms with Gasteiger partial charge in [0.2, 0.25) is 0 Å². The molecule has 0 spiro atoms. The number of fused-ring (bicyclic) bond motifs is 7. The van der Waals surface area contributed by atoms with Crippen molar-refractivity contribution in [3.8, 4) is 33.4 Å². The normalized spacial score (nSPS) is 12.3. The molecule has 9 aromatic rings. The van der Waals surface area contributed by atoms with E-state index in [0.717, 1.165) is 44.3 Å². The summed E-state index contributed by atoms with van der Waals surface area (Å²) in [6, 6.07) is 62.2. The summed E-state index contributed by atoms with van der Waals surface area (Å²) in [5.74, 6) is 0. The summed E-state index contributed by atoms with van der Waals surface area (Å²) in [5.41, 5.74) is 11.3. The van der Waals surface area contributed by atoms with Crippen LogP contribution < -0.4 is 0 Å². The van der Waals surface area contributed by atoms with E-state index in [4.69, 9.17) is 4.99 Å². The van der Waals surface area contributed by atoms with Crippen LogP contribution in [-0.2, 0) is 0 Å². The summed E-state index contributed by atoms with van der Waals surface area (Å²) < 4.78 is 0. The molecule has 2 heteroatoms. The Morgan fingerprint density at radius 2 is 1.08 bits per heavy atom. The van der Waals surface area contributed by atoms with Gasteiger partial charge < -0.3 is 5.41 Å². The Balaban J connectivity index is 1.14. The molecule has 242 valence electrons. The third kappa shape index (κ3) is 4.96. The van der Waals surface area contributed by atoms with Crippen LogP contribution >= 0.6 is 0 Å². The van der Waals surface area contributed by atoms with E-state index in [1.54, 1.807) is 0 Å². The summed E-state index contributed by atoms with van der Waals surface area (Å²) in [6.07, 6.45) is 3.93. The van der Waals surface area contributed by atoms with Gasteiger partial charge in [-0.3, -0.25) is 4.99 Å². The molecule has 0 radical (unpaired) electrons. The first-order valence-corrected chi connectivity index (χ1v) is 17.7. The molecule has 0 bridgehead atoms. The molecule has 0 heterocycles. The van der Waals surface area contributed by atoms with Crippen LogP contribution in [0.2, 0.25) is 0 Å². The molecule has 9 aromatic carbocycles. The highest BCUT2D eigenvalue weighted by Gasteiger charge is 2.22. The third-order valence-electron chi connectivity index (χ3n) is 10.5. The van der Waals surface area contributed by atoms with Crippen LogP contribution in [0.1, 0.15) is 16.7 Å². The summed E-state index contributed by atoms with van der Waals surface area (Å²) >= 11 is 0. The van der Waals surface area contributed by atoms with Crippen molar-refractivity contribution in [2.45, 2.75) is 0 Å². The molecule has 1 aliphatic carbocycles. The number of nitrogens with one attached hydrogen (secondary N) is 1. The van der Waals surface area contributed by atoms with Gasteiger partial charge in [0, 0.05) is 17.3 Å². The van der Waals surface area contributed by atoms with E-state index in [0.29, 0.717) is 5.71 Å². The van der Waals surface area contributed by atoms with Gasteiger partial charge >= 0.3 is 0 Å². The summed E-state index contributed by atoms with van der Waals surface area (Å²) in [7, 11) is 0. The zero-order valence-electron chi connectivity index (χ0n) is 28.3. The standard InChI is InChI=1S/C50H32N2/c51-48(35-22-20-33(21-23-35)32-10-2-1-3-11-32)30-49(38-25-27-41-43-18-8-14-36-15-9-19-44(50(36)43)46(41)29-38)52-31-47-40-17-7-5-13-37(40)28-45-39-16-6-4-12-34(39)24-26-42(45)47/h1-31,51H/b49-30-,51-48?,52-31?. The highest BCUT2D eigenvalue weighted by molar-refractivity contribution is 6.21. The van der Waals surface area contributed by atoms with Gasteiger partial charge in [0.1, 0.15) is 0 Å². The maximum Gasteiger partial charge on any atom is 0.0723 e. The molecule has 0 saturated heterocycles. The zero-order valence-corrected chi connectivity index (χ0v) is 28.3. The number of aliphatic imine (C=N–C) groups is 1. The van der Waals surface area contributed by atoms with Gasteiger partial charge in [0.25, 0.3) is 0 Å². The highest BCUT2D eigenvalue weighted by atomic mass is 14.7. The third-order valence-corrected chi connectivity index (χ3v) is 10.5. The van der Waals surface area contributed by atoms with Crippen LogP contribution in [0, 0.1) is 5.41 Å². The van der Waals surface area contributed by atoms with E-state index >= 15 is 0 Å². The Labute approximate surface area is 302 Å². The second-order valence-corrected chi connectivity index (χ2v) is 13.5. The number of hydrogen-bond acceptors (Lipinski definition) is 2. The largest absolute Gasteiger partial charge is 0.300 e. The molecule has 52 heavy (non-hydrogen) atoms. The molecule has 1 aliphatic rings. The minimum atomic E-state index is 0.409. The average Bonchev–Trinajstić information content (AvgIpc) is 3.53. The predicted molar refractivity (Wildman–Crippen MR) is 222 cm³/mol. The fraction of sp³-hybridized carbons (Fsp3) is 0. The van der Waals surface area contributed by atoms with Gasteiger partial charge in [0.05, 0.1) is 11.4 Å². The van der Waals surface area contributed by atoms with Crippen LogP contribution in [-0.4, -0.2) is 11.9 Å². The molecule has 0 amide bonds. The zero-order chi connectivity index (χ0) is 34.6. The van der Waals surface area contributed by atoms with E-state index in [-0.39, 0.29) is 0 Å². The molecular formula is C50H32N2. The first-order chi connectivity index (χ1) is 25.7. The monoisotopic (exact) mass is 660 g/mol. The molecule has 0 atom stereocenters. The van der Waals surface area contributed by atoms with Crippen LogP contribution in [0.15, 0.2) is 187 Å². The smallest absolute Gasteiger partial charge is 0.0723 e. The lowest BCUT2D eigenvalue weighted by Gasteiger charge is -2.12. The first kappa shape index (κ1) is 30.0. The lowest BCUT2D eigenvalue weighted by atomic mass is 9.93. The van der Waals surface area contributed by atoms with Crippen molar-refractivity contribution in [1.29, 1.82) is 5.41 Å². The Morgan fingerprint density at radius 1 is 0.423 bits per heavy atom. The average molecular weight is 661 g/mol. The second kappa shape index (κ2) is 12.2. The van der Waals surface area contributed by atoms with Gasteiger partial charge in [-0.05, 0) is 100 Å². The molecule has 0 aliphatic heterocycles. The molecule has 2 nitrogen and oxygen atoms in total. The van der Waals surface area contributed by atoms with Crippen molar-refractivity contribution in [3.63, 3.8) is 0 Å². The molecular weight excluding hydrogens is 629 g/mol. The predicted octanol–water partition coefficient (Wildman–Crippen LogP) is 13.1. The molecule has 10 rings (SSSR count). The lowest BCUT2D eigenvalue weighted by molar-refractivity contribution is 1.47. The van der Waals surface area contributed by atoms with Gasteiger partial charge in [-0.2, -0.15) is 0 Å². The van der Waals surface area contributed by atoms with Crippen LogP contribution in [0.25, 0.3) is 82.2 Å². The summed E-state index contributed by atoms with van der Waals surface area (Å²) in [5, 5.41) is 19.0. The van der Waals surface area contributed by atoms with Crippen molar-refractivity contribution in [2.24, 2.45) is 4.99 Å². The second-order valence-electron chi connectivity index (χ2n) is 13.5. The van der Waals surface area contributed by atoms with E-state index in [1.165, 1.54) is 54.6 Å². The molecule has 1 N–H and O–H groups in total. The fourth-order valence-corrected chi connectivity index (χ4v) is 7.97. The van der Waals surface area contributed by atoms with Crippen LogP contribution in [0.5, 0.6) is 0 Å². The quantitative estimate of drug-likeness (QED) is 0.105. The van der Waals surface area contributed by atoms with E-state index in [9.17, 15) is 5.41 Å². The van der Waals surface area contributed by atoms with E-state index in [1.807, 2.05) is 30.5 Å². The van der Waals surface area contributed by atoms with Crippen molar-refractivity contribution >= 4 is 60.7 Å². The maximum absolute atomic E-state index is 9.32. The van der Waals surface area contributed by atoms with Crippen molar-refractivity contribution in [1.82, 2.24) is 0 Å². The SMILES string of the molecule is N=C(/C=C(\N=Cc1c2ccccc2cc2c1ccc1ccccc12)c1ccc2c(c1)-c1cccc3cccc-2c13)c1ccc(-c2ccccc2)cc1. The minimum Gasteiger partial charge on any atom is -0.300 e. The fourth-order valence-electron chi connectivity index (χ4n) is 7.97. The molecule has 0 aromatic heterocycles. The molecule has 0 saturated carbocycles. The lowest BCUT2D eigenvalue weighted by Crippen LogP contribution is -1.97. The number of rotatable bonds is 6. The molecule has 0 fully saturated rings. The van der Waals surface area contributed by atoms with Gasteiger partial charge in [0.15, 0.2) is 0 Å². The summed E-state index contributed by atoms with van der Waals surface area (Å²) in [4.78, 5) is 5.29. The van der Waals surface area contributed by atoms with Crippen molar-refractivity contribution in [3.05, 3.63) is 199 Å². The molecule has 0 unspecified atom stereocenters. The Kier molecular flexibility index (Phi) is 7.00. The maximum atomic E-state index is 9.32. The number of benzene rings is 9. The number of allylic oxidation sites excluding steroid dienone is 1. The topological polar surface area (TPSA) is 36.2 Å². The van der Waals surface area contributed by atoms with E-state index in [2.05, 4.69) is 158 Å². The van der Waals surface area contributed by atoms with Gasteiger partial charge in [-0.25, -0.2) is 0 Å². The Morgan fingerprint density at radius 3 is 1.88 bits per heavy atom. The highest BCUT2D eigenvalue weighted by Crippen LogP contribution is 2.48. The van der Waals surface area contributed by atoms with Crippen LogP contribution in [0.4, 0.5) is 0 Å². The van der Waals surface area contributed by atoms with E-state index < -0.39 is 0 Å². The minimum absolute atomic E-state index is 0.409. The van der Waals surface area contributed by atoms with Crippen LogP contribution in [0.3, 0.4) is 0 Å². The van der Waals surface area contributed by atoms with Crippen molar-refractivity contribution < 1.29 is 0 Å². The van der Waals surface area contributed by atoms with Crippen molar-refractivity contribution in [2.75, 3.05) is 0 Å². The summed E-state index contributed by atoms with van der Waals surface area (Å²) in [6.45, 7) is 0. The Bertz CT molecular complexity index is 2940. The van der Waals surface area contributed by atoms with Gasteiger partial charge in [-0.15, -0.1) is 0 Å². The first-order valence-electron chi connectivity index (χ1n) is 17.7. The number of hydrogen-bond donors (Lipinski definition) is 1. The van der Waals surface area contributed by atoms with Gasteiger partial charge in [-0.1, -0.05) is 164 Å². The Hall–Kier alpha value is -6.90. The number of nitrogens with zero attached hydrogens (tertiary/aromatic N) is 1.